The molecule has 0 spiro atoms. The Morgan fingerprint density at radius 1 is 1.00 bits per heavy atom. The zero-order valence-electron chi connectivity index (χ0n) is 11.0. The molecule has 0 aromatic carbocycles. The van der Waals surface area contributed by atoms with Gasteiger partial charge in [-0.3, -0.25) is 4.79 Å². The number of hydrogen-bond donors (Lipinski definition) is 2. The van der Waals surface area contributed by atoms with Gasteiger partial charge >= 0.3 is 11.9 Å². The predicted molar refractivity (Wildman–Crippen MR) is 68.6 cm³/mol. The minimum Gasteiger partial charge on any atom is -0.478 e. The van der Waals surface area contributed by atoms with E-state index >= 15 is 0 Å². The average molecular weight is 266 g/mol. The monoisotopic (exact) mass is 266 g/mol. The average Bonchev–Trinajstić information content (AvgIpc) is 2.32. The molecule has 2 N–H and O–H groups in total. The minimum absolute atomic E-state index is 0.138. The molecule has 0 radical (unpaired) electrons. The Bertz CT molecular complexity index is 422. The highest BCUT2D eigenvalue weighted by molar-refractivity contribution is 5.95. The molecule has 19 heavy (non-hydrogen) atoms. The number of ketones is 1. The molecule has 0 aromatic rings. The summed E-state index contributed by atoms with van der Waals surface area (Å²) in [7, 11) is 0. The number of Topliss-reactive ketones (excluding diaryl/α,β-unsaturated/α-hetero) is 1. The van der Waals surface area contributed by atoms with E-state index in [9.17, 15) is 14.4 Å². The number of rotatable bonds is 4. The minimum atomic E-state index is -1.10. The van der Waals surface area contributed by atoms with Gasteiger partial charge in [-0.15, -0.1) is 0 Å². The third kappa shape index (κ3) is 3.53. The van der Waals surface area contributed by atoms with Crippen LogP contribution in [0.15, 0.2) is 24.3 Å². The fraction of sp³-hybridized carbons (Fsp3) is 0.500. The van der Waals surface area contributed by atoms with E-state index in [-0.39, 0.29) is 5.78 Å². The number of carbonyl (C=O) groups is 3. The molecule has 5 nitrogen and oxygen atoms in total. The standard InChI is InChI=1S/C14H18O5/c1-13(8-4-10(15)16)6-3-7-14(2,12(13)19)9-5-11(17)18/h4-5,8-9H,3,6-7H2,1-2H3,(H,15,16)(H,17,18)/b8-4+,9-5+/t13-,14+. The Morgan fingerprint density at radius 3 is 1.68 bits per heavy atom. The first-order valence-electron chi connectivity index (χ1n) is 6.09. The molecule has 0 saturated heterocycles. The van der Waals surface area contributed by atoms with Gasteiger partial charge in [0.15, 0.2) is 5.78 Å². The summed E-state index contributed by atoms with van der Waals surface area (Å²) in [5, 5.41) is 17.3. The molecule has 0 heterocycles. The van der Waals surface area contributed by atoms with Gasteiger partial charge in [0.2, 0.25) is 0 Å². The molecule has 2 atom stereocenters. The highest BCUT2D eigenvalue weighted by atomic mass is 16.4. The highest BCUT2D eigenvalue weighted by Crippen LogP contribution is 2.44. The third-order valence-electron chi connectivity index (χ3n) is 3.62. The van der Waals surface area contributed by atoms with Gasteiger partial charge in [0, 0.05) is 23.0 Å². The van der Waals surface area contributed by atoms with Gasteiger partial charge in [0.1, 0.15) is 0 Å². The summed E-state index contributed by atoms with van der Waals surface area (Å²) < 4.78 is 0. The molecule has 104 valence electrons. The molecule has 1 aliphatic carbocycles. The van der Waals surface area contributed by atoms with Crippen LogP contribution in [0.5, 0.6) is 0 Å². The summed E-state index contributed by atoms with van der Waals surface area (Å²) in [5.41, 5.74) is -1.71. The summed E-state index contributed by atoms with van der Waals surface area (Å²) in [6.07, 6.45) is 6.66. The molecule has 0 bridgehead atoms. The molecule has 1 rings (SSSR count). The SMILES string of the molecule is C[C@]1(/C=C/C(=O)O)CCC[C@@](C)(/C=C/C(=O)O)C1=O. The maximum atomic E-state index is 12.5. The zero-order chi connectivity index (χ0) is 14.7. The van der Waals surface area contributed by atoms with E-state index in [1.807, 2.05) is 0 Å². The van der Waals surface area contributed by atoms with Gasteiger partial charge < -0.3 is 10.2 Å². The van der Waals surface area contributed by atoms with E-state index in [1.54, 1.807) is 13.8 Å². The molecule has 0 aliphatic heterocycles. The topological polar surface area (TPSA) is 91.7 Å². The van der Waals surface area contributed by atoms with Crippen molar-refractivity contribution in [1.82, 2.24) is 0 Å². The third-order valence-corrected chi connectivity index (χ3v) is 3.62. The first kappa shape index (κ1) is 15.1. The van der Waals surface area contributed by atoms with E-state index in [4.69, 9.17) is 10.2 Å². The van der Waals surface area contributed by atoms with Crippen LogP contribution in [0.3, 0.4) is 0 Å². The largest absolute Gasteiger partial charge is 0.478 e. The highest BCUT2D eigenvalue weighted by Gasteiger charge is 2.45. The summed E-state index contributed by atoms with van der Waals surface area (Å²) in [6.45, 7) is 3.39. The van der Waals surface area contributed by atoms with Crippen LogP contribution in [0.25, 0.3) is 0 Å². The van der Waals surface area contributed by atoms with Crippen molar-refractivity contribution in [3.8, 4) is 0 Å². The van der Waals surface area contributed by atoms with Crippen molar-refractivity contribution in [2.45, 2.75) is 33.1 Å². The number of carbonyl (C=O) groups excluding carboxylic acids is 1. The van der Waals surface area contributed by atoms with Gasteiger partial charge in [0.05, 0.1) is 0 Å². The van der Waals surface area contributed by atoms with E-state index in [1.165, 1.54) is 12.2 Å². The van der Waals surface area contributed by atoms with Crippen molar-refractivity contribution < 1.29 is 24.6 Å². The van der Waals surface area contributed by atoms with Crippen LogP contribution < -0.4 is 0 Å². The lowest BCUT2D eigenvalue weighted by Gasteiger charge is -2.39. The van der Waals surface area contributed by atoms with Gasteiger partial charge in [-0.25, -0.2) is 9.59 Å². The number of hydrogen-bond acceptors (Lipinski definition) is 3. The summed E-state index contributed by atoms with van der Waals surface area (Å²) >= 11 is 0. The lowest BCUT2D eigenvalue weighted by molar-refractivity contribution is -0.136. The van der Waals surface area contributed by atoms with Gasteiger partial charge in [-0.2, -0.15) is 0 Å². The maximum absolute atomic E-state index is 12.5. The van der Waals surface area contributed by atoms with Crippen LogP contribution in [0.1, 0.15) is 33.1 Å². The van der Waals surface area contributed by atoms with Gasteiger partial charge in [-0.1, -0.05) is 18.6 Å². The second kappa shape index (κ2) is 5.38. The van der Waals surface area contributed by atoms with Crippen molar-refractivity contribution in [2.24, 2.45) is 10.8 Å². The van der Waals surface area contributed by atoms with Crippen LogP contribution in [0.2, 0.25) is 0 Å². The van der Waals surface area contributed by atoms with Crippen molar-refractivity contribution in [1.29, 1.82) is 0 Å². The Balaban J connectivity index is 3.04. The molecule has 5 heteroatoms. The smallest absolute Gasteiger partial charge is 0.328 e. The molecule has 0 amide bonds. The fourth-order valence-electron chi connectivity index (χ4n) is 2.53. The first-order valence-corrected chi connectivity index (χ1v) is 6.09. The summed E-state index contributed by atoms with van der Waals surface area (Å²) in [6, 6.07) is 0. The normalized spacial score (nSPS) is 32.0. The lowest BCUT2D eigenvalue weighted by Crippen LogP contribution is -2.42. The summed E-state index contributed by atoms with van der Waals surface area (Å²) in [5.74, 6) is -2.33. The van der Waals surface area contributed by atoms with E-state index < -0.39 is 22.8 Å². The molecular formula is C14H18O5. The Kier molecular flexibility index (Phi) is 4.29. The summed E-state index contributed by atoms with van der Waals surface area (Å²) in [4.78, 5) is 33.7. The van der Waals surface area contributed by atoms with Crippen LogP contribution in [-0.4, -0.2) is 27.9 Å². The van der Waals surface area contributed by atoms with Gasteiger partial charge in [0.25, 0.3) is 0 Å². The Labute approximate surface area is 111 Å². The van der Waals surface area contributed by atoms with Crippen LogP contribution >= 0.6 is 0 Å². The molecule has 0 unspecified atom stereocenters. The van der Waals surface area contributed by atoms with E-state index in [2.05, 4.69) is 0 Å². The lowest BCUT2D eigenvalue weighted by atomic mass is 9.62. The maximum Gasteiger partial charge on any atom is 0.328 e. The fourth-order valence-corrected chi connectivity index (χ4v) is 2.53. The second-order valence-electron chi connectivity index (χ2n) is 5.36. The zero-order valence-corrected chi connectivity index (χ0v) is 11.0. The number of aliphatic carboxylic acids is 2. The number of carboxylic acid groups (broad SMARTS) is 2. The van der Waals surface area contributed by atoms with Crippen molar-refractivity contribution >= 4 is 17.7 Å². The van der Waals surface area contributed by atoms with Crippen molar-refractivity contribution in [3.63, 3.8) is 0 Å². The second-order valence-corrected chi connectivity index (χ2v) is 5.36. The number of carboxylic acids is 2. The van der Waals surface area contributed by atoms with E-state index in [0.717, 1.165) is 18.6 Å². The predicted octanol–water partition coefficient (Wildman–Crippen LogP) is 2.03. The van der Waals surface area contributed by atoms with E-state index in [0.29, 0.717) is 12.8 Å². The Morgan fingerprint density at radius 2 is 1.37 bits per heavy atom. The van der Waals surface area contributed by atoms with Crippen molar-refractivity contribution in [2.75, 3.05) is 0 Å². The molecule has 1 saturated carbocycles. The first-order chi connectivity index (χ1) is 8.69. The quantitative estimate of drug-likeness (QED) is 0.760. The Hall–Kier alpha value is -1.91. The molecular weight excluding hydrogens is 248 g/mol. The molecule has 1 aliphatic rings. The van der Waals surface area contributed by atoms with Crippen LogP contribution in [-0.2, 0) is 14.4 Å². The molecule has 0 aromatic heterocycles. The van der Waals surface area contributed by atoms with Crippen LogP contribution in [0, 0.1) is 10.8 Å². The van der Waals surface area contributed by atoms with Crippen molar-refractivity contribution in [3.05, 3.63) is 24.3 Å². The molecule has 1 fully saturated rings. The van der Waals surface area contributed by atoms with Gasteiger partial charge in [-0.05, 0) is 26.7 Å². The van der Waals surface area contributed by atoms with Crippen LogP contribution in [0.4, 0.5) is 0 Å². The number of allylic oxidation sites excluding steroid dienone is 2.